The molecule has 2 aromatic rings. The quantitative estimate of drug-likeness (QED) is 0.839. The molecule has 0 spiro atoms. The summed E-state index contributed by atoms with van der Waals surface area (Å²) in [6.45, 7) is 2.66. The smallest absolute Gasteiger partial charge is 0.322 e. The number of nitrogens with one attached hydrogen (secondary N) is 1. The number of urea groups is 1. The molecule has 7 nitrogen and oxygen atoms in total. The third kappa shape index (κ3) is 3.58. The van der Waals surface area contributed by atoms with Gasteiger partial charge in [0.25, 0.3) is 0 Å². The van der Waals surface area contributed by atoms with E-state index in [1.807, 2.05) is 13.0 Å². The zero-order valence-electron chi connectivity index (χ0n) is 15.0. The number of amides is 2. The van der Waals surface area contributed by atoms with Crippen LogP contribution in [0.3, 0.4) is 0 Å². The van der Waals surface area contributed by atoms with E-state index < -0.39 is 0 Å². The van der Waals surface area contributed by atoms with E-state index >= 15 is 0 Å². The third-order valence-electron chi connectivity index (χ3n) is 4.50. The zero-order chi connectivity index (χ0) is 18.7. The van der Waals surface area contributed by atoms with Crippen LogP contribution in [0.15, 0.2) is 22.7 Å². The lowest BCUT2D eigenvalue weighted by Crippen LogP contribution is -2.34. The standard InChI is InChI=1S/C18H22ClN3O4/c1-4-11-8-17(26-21-11)14-6-5-7-22(14)18(23)20-13-9-12(19)15(24-2)10-16(13)25-3/h8-10,14H,4-7H2,1-3H3,(H,20,23)/t14-/m1/s1. The highest BCUT2D eigenvalue weighted by Crippen LogP contribution is 2.37. The maximum absolute atomic E-state index is 12.8. The van der Waals surface area contributed by atoms with E-state index in [1.54, 1.807) is 17.0 Å². The number of ether oxygens (including phenoxy) is 2. The number of rotatable bonds is 5. The highest BCUT2D eigenvalue weighted by atomic mass is 35.5. The van der Waals surface area contributed by atoms with Gasteiger partial charge in [0.2, 0.25) is 0 Å². The number of carbonyl (C=O) groups is 1. The van der Waals surface area contributed by atoms with Gasteiger partial charge in [-0.15, -0.1) is 0 Å². The molecule has 1 aromatic carbocycles. The Morgan fingerprint density at radius 2 is 2.12 bits per heavy atom. The normalized spacial score (nSPS) is 16.6. The summed E-state index contributed by atoms with van der Waals surface area (Å²) in [4.78, 5) is 14.6. The second-order valence-corrected chi connectivity index (χ2v) is 6.45. The highest BCUT2D eigenvalue weighted by Gasteiger charge is 2.33. The average Bonchev–Trinajstić information content (AvgIpc) is 3.30. The van der Waals surface area contributed by atoms with Gasteiger partial charge in [0.1, 0.15) is 11.5 Å². The van der Waals surface area contributed by atoms with Crippen molar-refractivity contribution in [2.75, 3.05) is 26.1 Å². The van der Waals surface area contributed by atoms with Gasteiger partial charge in [-0.25, -0.2) is 4.79 Å². The predicted molar refractivity (Wildman–Crippen MR) is 98.1 cm³/mol. The maximum atomic E-state index is 12.8. The van der Waals surface area contributed by atoms with Crippen LogP contribution in [-0.2, 0) is 6.42 Å². The summed E-state index contributed by atoms with van der Waals surface area (Å²) >= 11 is 6.18. The number of hydrogen-bond acceptors (Lipinski definition) is 5. The van der Waals surface area contributed by atoms with Crippen LogP contribution in [0.5, 0.6) is 11.5 Å². The molecule has 1 aliphatic heterocycles. The van der Waals surface area contributed by atoms with Crippen LogP contribution in [0.2, 0.25) is 5.02 Å². The van der Waals surface area contributed by atoms with Gasteiger partial charge in [0.15, 0.2) is 5.76 Å². The van der Waals surface area contributed by atoms with Crippen molar-refractivity contribution in [3.05, 3.63) is 34.7 Å². The van der Waals surface area contributed by atoms with Crippen molar-refractivity contribution in [1.82, 2.24) is 10.1 Å². The van der Waals surface area contributed by atoms with Crippen LogP contribution in [0, 0.1) is 0 Å². The summed E-state index contributed by atoms with van der Waals surface area (Å²) in [5.41, 5.74) is 1.37. The van der Waals surface area contributed by atoms with Crippen molar-refractivity contribution < 1.29 is 18.8 Å². The van der Waals surface area contributed by atoms with Gasteiger partial charge in [0.05, 0.1) is 36.7 Å². The summed E-state index contributed by atoms with van der Waals surface area (Å²) < 4.78 is 15.9. The van der Waals surface area contributed by atoms with Crippen molar-refractivity contribution in [2.45, 2.75) is 32.2 Å². The van der Waals surface area contributed by atoms with Crippen molar-refractivity contribution >= 4 is 23.3 Å². The van der Waals surface area contributed by atoms with Crippen LogP contribution in [0.1, 0.15) is 37.3 Å². The molecule has 1 saturated heterocycles. The predicted octanol–water partition coefficient (Wildman–Crippen LogP) is 4.28. The number of anilines is 1. The maximum Gasteiger partial charge on any atom is 0.322 e. The first-order chi connectivity index (χ1) is 12.6. The van der Waals surface area contributed by atoms with E-state index in [0.29, 0.717) is 34.5 Å². The molecular weight excluding hydrogens is 358 g/mol. The molecule has 3 rings (SSSR count). The van der Waals surface area contributed by atoms with E-state index in [1.165, 1.54) is 14.2 Å². The lowest BCUT2D eigenvalue weighted by atomic mass is 10.1. The summed E-state index contributed by atoms with van der Waals surface area (Å²) in [5, 5.41) is 7.30. The Labute approximate surface area is 157 Å². The number of likely N-dealkylation sites (tertiary alicyclic amines) is 1. The molecule has 140 valence electrons. The minimum absolute atomic E-state index is 0.123. The first-order valence-electron chi connectivity index (χ1n) is 8.52. The second-order valence-electron chi connectivity index (χ2n) is 6.04. The summed E-state index contributed by atoms with van der Waals surface area (Å²) in [6.07, 6.45) is 2.54. The minimum Gasteiger partial charge on any atom is -0.495 e. The van der Waals surface area contributed by atoms with E-state index in [0.717, 1.165) is 25.0 Å². The summed E-state index contributed by atoms with van der Waals surface area (Å²) in [6, 6.07) is 4.82. The van der Waals surface area contributed by atoms with Gasteiger partial charge >= 0.3 is 6.03 Å². The van der Waals surface area contributed by atoms with E-state index in [2.05, 4.69) is 10.5 Å². The Bertz CT molecular complexity index is 793. The number of halogens is 1. The lowest BCUT2D eigenvalue weighted by Gasteiger charge is -2.23. The molecule has 0 radical (unpaired) electrons. The molecule has 1 aliphatic rings. The first-order valence-corrected chi connectivity index (χ1v) is 8.89. The monoisotopic (exact) mass is 379 g/mol. The van der Waals surface area contributed by atoms with Crippen molar-refractivity contribution in [2.24, 2.45) is 0 Å². The fourth-order valence-electron chi connectivity index (χ4n) is 3.10. The van der Waals surface area contributed by atoms with Gasteiger partial charge in [-0.05, 0) is 25.3 Å². The molecule has 2 heterocycles. The van der Waals surface area contributed by atoms with Crippen molar-refractivity contribution in [3.8, 4) is 11.5 Å². The molecule has 26 heavy (non-hydrogen) atoms. The van der Waals surface area contributed by atoms with Gasteiger partial charge in [-0.2, -0.15) is 0 Å². The molecule has 1 N–H and O–H groups in total. The third-order valence-corrected chi connectivity index (χ3v) is 4.79. The molecule has 0 saturated carbocycles. The number of methoxy groups -OCH3 is 2. The largest absolute Gasteiger partial charge is 0.495 e. The Hall–Kier alpha value is -2.41. The number of hydrogen-bond donors (Lipinski definition) is 1. The van der Waals surface area contributed by atoms with Crippen molar-refractivity contribution in [1.29, 1.82) is 0 Å². The fourth-order valence-corrected chi connectivity index (χ4v) is 3.34. The van der Waals surface area contributed by atoms with Gasteiger partial charge in [-0.1, -0.05) is 23.7 Å². The van der Waals surface area contributed by atoms with Crippen LogP contribution in [0.4, 0.5) is 10.5 Å². The molecule has 1 aromatic heterocycles. The lowest BCUT2D eigenvalue weighted by molar-refractivity contribution is 0.195. The Morgan fingerprint density at radius 1 is 1.35 bits per heavy atom. The Morgan fingerprint density at radius 3 is 2.77 bits per heavy atom. The van der Waals surface area contributed by atoms with Crippen LogP contribution in [-0.4, -0.2) is 36.9 Å². The van der Waals surface area contributed by atoms with E-state index in [-0.39, 0.29) is 12.1 Å². The zero-order valence-corrected chi connectivity index (χ0v) is 15.8. The Kier molecular flexibility index (Phi) is 5.56. The molecule has 1 fully saturated rings. The van der Waals surface area contributed by atoms with E-state index in [4.69, 9.17) is 25.6 Å². The molecular formula is C18H22ClN3O4. The number of aryl methyl sites for hydroxylation is 1. The van der Waals surface area contributed by atoms with E-state index in [9.17, 15) is 4.79 Å². The van der Waals surface area contributed by atoms with Gasteiger partial charge in [0, 0.05) is 18.7 Å². The van der Waals surface area contributed by atoms with Crippen LogP contribution in [0.25, 0.3) is 0 Å². The van der Waals surface area contributed by atoms with Crippen LogP contribution >= 0.6 is 11.6 Å². The molecule has 2 amide bonds. The SMILES string of the molecule is CCc1cc([C@H]2CCCN2C(=O)Nc2cc(Cl)c(OC)cc2OC)on1. The second kappa shape index (κ2) is 7.86. The number of carbonyl (C=O) groups excluding carboxylic acids is 1. The van der Waals surface area contributed by atoms with Crippen molar-refractivity contribution in [3.63, 3.8) is 0 Å². The van der Waals surface area contributed by atoms with Gasteiger partial charge in [-0.3, -0.25) is 0 Å². The average molecular weight is 380 g/mol. The number of nitrogens with zero attached hydrogens (tertiary/aromatic N) is 2. The topological polar surface area (TPSA) is 76.8 Å². The highest BCUT2D eigenvalue weighted by molar-refractivity contribution is 6.32. The molecule has 1 atom stereocenters. The number of aromatic nitrogens is 1. The first kappa shape index (κ1) is 18.4. The molecule has 8 heteroatoms. The molecule has 0 bridgehead atoms. The summed E-state index contributed by atoms with van der Waals surface area (Å²) in [7, 11) is 3.05. The Balaban J connectivity index is 1.80. The number of benzene rings is 1. The minimum atomic E-state index is -0.235. The molecule has 0 unspecified atom stereocenters. The van der Waals surface area contributed by atoms with Gasteiger partial charge < -0.3 is 24.2 Å². The van der Waals surface area contributed by atoms with Crippen LogP contribution < -0.4 is 14.8 Å². The summed E-state index contributed by atoms with van der Waals surface area (Å²) in [5.74, 6) is 1.67. The fraction of sp³-hybridized carbons (Fsp3) is 0.444. The molecule has 0 aliphatic carbocycles.